The Hall–Kier alpha value is -3.66. The van der Waals surface area contributed by atoms with Crippen LogP contribution in [0.3, 0.4) is 0 Å². The average Bonchev–Trinajstić information content (AvgIpc) is 3.17. The highest BCUT2D eigenvalue weighted by molar-refractivity contribution is 5.79. The van der Waals surface area contributed by atoms with Crippen LogP contribution < -0.4 is 9.47 Å². The lowest BCUT2D eigenvalue weighted by atomic mass is 10.2. The molecule has 0 amide bonds. The van der Waals surface area contributed by atoms with Crippen molar-refractivity contribution in [3.05, 3.63) is 59.6 Å². The van der Waals surface area contributed by atoms with Crippen LogP contribution in [0.1, 0.15) is 17.7 Å². The van der Waals surface area contributed by atoms with Crippen molar-refractivity contribution in [2.75, 3.05) is 34.4 Å². The fourth-order valence-corrected chi connectivity index (χ4v) is 3.60. The molecule has 3 aromatic heterocycles. The Morgan fingerprint density at radius 2 is 1.88 bits per heavy atom. The lowest BCUT2D eigenvalue weighted by Gasteiger charge is -2.13. The van der Waals surface area contributed by atoms with Crippen molar-refractivity contribution in [1.29, 1.82) is 0 Å². The van der Waals surface area contributed by atoms with E-state index in [9.17, 15) is 4.39 Å². The van der Waals surface area contributed by atoms with Gasteiger partial charge < -0.3 is 18.9 Å². The average molecular weight is 469 g/mol. The molecule has 1 aromatic carbocycles. The number of fused-ring (bicyclic) bond motifs is 1. The summed E-state index contributed by atoms with van der Waals surface area (Å²) in [6.07, 6.45) is 3.45. The second-order valence-corrected chi connectivity index (χ2v) is 8.14. The van der Waals surface area contributed by atoms with Crippen LogP contribution in [0.2, 0.25) is 0 Å². The van der Waals surface area contributed by atoms with Gasteiger partial charge in [0.05, 0.1) is 32.2 Å². The standard InChI is InChI=1S/C24H26F2N6O2/c1-15-21-23(30-24(28-15)33-4)32(22(29-21)17-10-18(25)13-27-12-17)14-16-6-7-19(11-20(16)26)34-9-5-8-31(2)3/h6-7,10-13H,5,8-9,14H2,1-4H3. The SMILES string of the molecule is COc1nc(C)c2nc(-c3cncc(F)c3)n(Cc3ccc(OCCCN(C)C)cc3F)c2n1. The number of methoxy groups -OCH3 is 1. The summed E-state index contributed by atoms with van der Waals surface area (Å²) >= 11 is 0. The molecule has 0 spiro atoms. The van der Waals surface area contributed by atoms with Gasteiger partial charge in [-0.3, -0.25) is 4.98 Å². The zero-order valence-corrected chi connectivity index (χ0v) is 19.5. The second kappa shape index (κ2) is 10.1. The van der Waals surface area contributed by atoms with Crippen LogP contribution in [0.15, 0.2) is 36.7 Å². The van der Waals surface area contributed by atoms with E-state index in [2.05, 4.69) is 24.8 Å². The van der Waals surface area contributed by atoms with Gasteiger partial charge in [-0.25, -0.2) is 13.8 Å². The number of benzene rings is 1. The molecule has 0 saturated carbocycles. The number of aromatic nitrogens is 5. The third kappa shape index (κ3) is 5.12. The number of rotatable bonds is 9. The van der Waals surface area contributed by atoms with E-state index < -0.39 is 11.6 Å². The zero-order valence-electron chi connectivity index (χ0n) is 19.5. The molecule has 0 N–H and O–H groups in total. The molecule has 4 rings (SSSR count). The molecule has 0 aliphatic rings. The summed E-state index contributed by atoms with van der Waals surface area (Å²) in [4.78, 5) is 19.3. The minimum absolute atomic E-state index is 0.106. The summed E-state index contributed by atoms with van der Waals surface area (Å²) < 4.78 is 41.6. The molecule has 3 heterocycles. The topological polar surface area (TPSA) is 78.2 Å². The molecule has 34 heavy (non-hydrogen) atoms. The van der Waals surface area contributed by atoms with Crippen molar-refractivity contribution in [3.63, 3.8) is 0 Å². The van der Waals surface area contributed by atoms with Gasteiger partial charge in [-0.15, -0.1) is 0 Å². The fraction of sp³-hybridized carbons (Fsp3) is 0.333. The Morgan fingerprint density at radius 3 is 2.59 bits per heavy atom. The number of hydrogen-bond donors (Lipinski definition) is 0. The summed E-state index contributed by atoms with van der Waals surface area (Å²) in [5, 5.41) is 0. The Morgan fingerprint density at radius 1 is 1.06 bits per heavy atom. The quantitative estimate of drug-likeness (QED) is 0.345. The van der Waals surface area contributed by atoms with Crippen LogP contribution in [0, 0.1) is 18.6 Å². The Bertz CT molecular complexity index is 1310. The molecule has 8 nitrogen and oxygen atoms in total. The maximum Gasteiger partial charge on any atom is 0.318 e. The minimum atomic E-state index is -0.501. The lowest BCUT2D eigenvalue weighted by Crippen LogP contribution is -2.15. The van der Waals surface area contributed by atoms with Crippen LogP contribution in [-0.2, 0) is 6.54 Å². The van der Waals surface area contributed by atoms with Crippen molar-refractivity contribution in [2.24, 2.45) is 0 Å². The summed E-state index contributed by atoms with van der Waals surface area (Å²) in [6.45, 7) is 3.27. The number of imidazole rings is 1. The summed E-state index contributed by atoms with van der Waals surface area (Å²) in [5.41, 5.74) is 2.40. The van der Waals surface area contributed by atoms with Crippen LogP contribution in [-0.4, -0.2) is 63.8 Å². The highest BCUT2D eigenvalue weighted by Crippen LogP contribution is 2.28. The Labute approximate surface area is 196 Å². The molecule has 0 unspecified atom stereocenters. The molecule has 0 saturated heterocycles. The van der Waals surface area contributed by atoms with Gasteiger partial charge in [0.25, 0.3) is 0 Å². The Kier molecular flexibility index (Phi) is 6.97. The van der Waals surface area contributed by atoms with E-state index in [4.69, 9.17) is 9.47 Å². The summed E-state index contributed by atoms with van der Waals surface area (Å²) in [7, 11) is 5.45. The van der Waals surface area contributed by atoms with Crippen LogP contribution in [0.5, 0.6) is 11.8 Å². The molecule has 10 heteroatoms. The molecule has 0 atom stereocenters. The maximum absolute atomic E-state index is 15.1. The van der Waals surface area contributed by atoms with Gasteiger partial charge in [0.2, 0.25) is 0 Å². The van der Waals surface area contributed by atoms with E-state index in [1.54, 1.807) is 23.6 Å². The number of pyridine rings is 1. The van der Waals surface area contributed by atoms with Gasteiger partial charge >= 0.3 is 6.01 Å². The predicted molar refractivity (Wildman–Crippen MR) is 124 cm³/mol. The fourth-order valence-electron chi connectivity index (χ4n) is 3.60. The maximum atomic E-state index is 15.1. The first kappa shape index (κ1) is 23.5. The lowest BCUT2D eigenvalue weighted by molar-refractivity contribution is 0.280. The molecule has 4 aromatic rings. The van der Waals surface area contributed by atoms with Gasteiger partial charge in [0.1, 0.15) is 28.7 Å². The number of nitrogens with zero attached hydrogens (tertiary/aromatic N) is 6. The molecule has 0 fully saturated rings. The molecule has 178 valence electrons. The second-order valence-electron chi connectivity index (χ2n) is 8.14. The summed E-state index contributed by atoms with van der Waals surface area (Å²) in [5.74, 6) is -0.0626. The highest BCUT2D eigenvalue weighted by atomic mass is 19.1. The van der Waals surface area contributed by atoms with E-state index in [0.717, 1.165) is 19.2 Å². The number of halogens is 2. The molecule has 0 radical (unpaired) electrons. The molecule has 0 aliphatic heterocycles. The van der Waals surface area contributed by atoms with Crippen molar-refractivity contribution < 1.29 is 18.3 Å². The van der Waals surface area contributed by atoms with Crippen molar-refractivity contribution in [1.82, 2.24) is 29.4 Å². The zero-order chi connectivity index (χ0) is 24.2. The van der Waals surface area contributed by atoms with Gasteiger partial charge in [-0.1, -0.05) is 6.07 Å². The van der Waals surface area contributed by atoms with E-state index in [1.807, 2.05) is 14.1 Å². The van der Waals surface area contributed by atoms with Gasteiger partial charge in [0, 0.05) is 29.9 Å². The van der Waals surface area contributed by atoms with Crippen molar-refractivity contribution in [2.45, 2.75) is 19.9 Å². The van der Waals surface area contributed by atoms with Crippen molar-refractivity contribution in [3.8, 4) is 23.1 Å². The molecular formula is C24H26F2N6O2. The minimum Gasteiger partial charge on any atom is -0.493 e. The van der Waals surface area contributed by atoms with E-state index >= 15 is 4.39 Å². The van der Waals surface area contributed by atoms with E-state index in [-0.39, 0.29) is 12.6 Å². The third-order valence-electron chi connectivity index (χ3n) is 5.27. The first-order valence-electron chi connectivity index (χ1n) is 10.8. The first-order valence-corrected chi connectivity index (χ1v) is 10.8. The largest absolute Gasteiger partial charge is 0.493 e. The monoisotopic (exact) mass is 468 g/mol. The smallest absolute Gasteiger partial charge is 0.318 e. The van der Waals surface area contributed by atoms with Crippen LogP contribution in [0.4, 0.5) is 8.78 Å². The normalized spacial score (nSPS) is 11.4. The highest BCUT2D eigenvalue weighted by Gasteiger charge is 2.20. The molecule has 0 aliphatic carbocycles. The van der Waals surface area contributed by atoms with E-state index in [1.165, 1.54) is 25.4 Å². The van der Waals surface area contributed by atoms with Gasteiger partial charge in [-0.05, 0) is 39.6 Å². The van der Waals surface area contributed by atoms with Crippen molar-refractivity contribution >= 4 is 11.2 Å². The number of aryl methyl sites for hydroxylation is 1. The third-order valence-corrected chi connectivity index (χ3v) is 5.27. The predicted octanol–water partition coefficient (Wildman–Crippen LogP) is 3.86. The summed E-state index contributed by atoms with van der Waals surface area (Å²) in [6, 6.07) is 6.26. The number of ether oxygens (including phenoxy) is 2. The van der Waals surface area contributed by atoms with Crippen LogP contribution >= 0.6 is 0 Å². The van der Waals surface area contributed by atoms with Gasteiger partial charge in [-0.2, -0.15) is 9.97 Å². The van der Waals surface area contributed by atoms with E-state index in [0.29, 0.717) is 46.2 Å². The number of hydrogen-bond acceptors (Lipinski definition) is 7. The molecular weight excluding hydrogens is 442 g/mol. The Balaban J connectivity index is 1.70. The van der Waals surface area contributed by atoms with Gasteiger partial charge in [0.15, 0.2) is 5.65 Å². The molecule has 0 bridgehead atoms. The first-order chi connectivity index (χ1) is 16.4. The van der Waals surface area contributed by atoms with Crippen LogP contribution in [0.25, 0.3) is 22.6 Å².